The standard InChI is InChI=1S/C20H22N2O3/c1-12-5-7-16-15(9-12)13(2)19(22-16)20(23)21-11-14-6-8-17(24-3)18(10-14)25-4/h5-10,22H,11H2,1-4H3,(H,21,23). The number of rotatable bonds is 5. The lowest BCUT2D eigenvalue weighted by molar-refractivity contribution is 0.0946. The van der Waals surface area contributed by atoms with Gasteiger partial charge in [-0.3, -0.25) is 4.79 Å². The Morgan fingerprint density at radius 1 is 1.04 bits per heavy atom. The van der Waals surface area contributed by atoms with Gasteiger partial charge >= 0.3 is 0 Å². The molecule has 0 fully saturated rings. The van der Waals surface area contributed by atoms with Crippen LogP contribution >= 0.6 is 0 Å². The smallest absolute Gasteiger partial charge is 0.268 e. The Labute approximate surface area is 147 Å². The Morgan fingerprint density at radius 3 is 2.52 bits per heavy atom. The summed E-state index contributed by atoms with van der Waals surface area (Å²) in [4.78, 5) is 15.8. The summed E-state index contributed by atoms with van der Waals surface area (Å²) >= 11 is 0. The number of benzene rings is 2. The number of aromatic amines is 1. The highest BCUT2D eigenvalue weighted by Gasteiger charge is 2.15. The summed E-state index contributed by atoms with van der Waals surface area (Å²) in [5, 5.41) is 4.03. The molecule has 0 atom stereocenters. The zero-order valence-electron chi connectivity index (χ0n) is 14.9. The van der Waals surface area contributed by atoms with Crippen LogP contribution in [0.4, 0.5) is 0 Å². The predicted molar refractivity (Wildman–Crippen MR) is 98.5 cm³/mol. The van der Waals surface area contributed by atoms with E-state index >= 15 is 0 Å². The lowest BCUT2D eigenvalue weighted by Crippen LogP contribution is -2.23. The van der Waals surface area contributed by atoms with Gasteiger partial charge in [-0.2, -0.15) is 0 Å². The fourth-order valence-electron chi connectivity index (χ4n) is 2.93. The molecule has 1 amide bonds. The van der Waals surface area contributed by atoms with Crippen LogP contribution in [0.15, 0.2) is 36.4 Å². The van der Waals surface area contributed by atoms with E-state index in [9.17, 15) is 4.79 Å². The van der Waals surface area contributed by atoms with Gasteiger partial charge in [0.2, 0.25) is 0 Å². The minimum atomic E-state index is -0.124. The Balaban J connectivity index is 1.78. The van der Waals surface area contributed by atoms with Gasteiger partial charge in [0.1, 0.15) is 5.69 Å². The van der Waals surface area contributed by atoms with Gasteiger partial charge in [-0.25, -0.2) is 0 Å². The minimum Gasteiger partial charge on any atom is -0.493 e. The SMILES string of the molecule is COc1ccc(CNC(=O)c2[nH]c3ccc(C)cc3c2C)cc1OC. The Bertz CT molecular complexity index is 928. The van der Waals surface area contributed by atoms with Gasteiger partial charge in [0.15, 0.2) is 11.5 Å². The number of hydrogen-bond donors (Lipinski definition) is 2. The maximum atomic E-state index is 12.6. The van der Waals surface area contributed by atoms with Gasteiger partial charge in [0, 0.05) is 17.4 Å². The van der Waals surface area contributed by atoms with Gasteiger partial charge in [0.25, 0.3) is 5.91 Å². The van der Waals surface area contributed by atoms with Crippen molar-refractivity contribution in [2.45, 2.75) is 20.4 Å². The lowest BCUT2D eigenvalue weighted by atomic mass is 10.1. The molecular weight excluding hydrogens is 316 g/mol. The van der Waals surface area contributed by atoms with Gasteiger partial charge in [-0.15, -0.1) is 0 Å². The molecule has 0 aliphatic carbocycles. The number of methoxy groups -OCH3 is 2. The molecular formula is C20H22N2O3. The van der Waals surface area contributed by atoms with Crippen molar-refractivity contribution in [2.24, 2.45) is 0 Å². The molecule has 0 saturated carbocycles. The van der Waals surface area contributed by atoms with E-state index in [0.29, 0.717) is 23.7 Å². The van der Waals surface area contributed by atoms with Crippen LogP contribution in [0.1, 0.15) is 27.2 Å². The van der Waals surface area contributed by atoms with Crippen LogP contribution in [0.25, 0.3) is 10.9 Å². The molecule has 0 bridgehead atoms. The highest BCUT2D eigenvalue weighted by molar-refractivity contribution is 6.01. The van der Waals surface area contributed by atoms with Crippen molar-refractivity contribution in [1.82, 2.24) is 10.3 Å². The van der Waals surface area contributed by atoms with Crippen molar-refractivity contribution in [3.63, 3.8) is 0 Å². The number of nitrogens with one attached hydrogen (secondary N) is 2. The Kier molecular flexibility index (Phi) is 4.65. The van der Waals surface area contributed by atoms with Crippen molar-refractivity contribution in [1.29, 1.82) is 0 Å². The topological polar surface area (TPSA) is 63.3 Å². The molecule has 0 aliphatic heterocycles. The molecule has 0 spiro atoms. The van der Waals surface area contributed by atoms with Gasteiger partial charge in [-0.05, 0) is 49.2 Å². The second-order valence-electron chi connectivity index (χ2n) is 6.05. The minimum absolute atomic E-state index is 0.124. The normalized spacial score (nSPS) is 10.7. The molecule has 5 nitrogen and oxygen atoms in total. The number of carbonyl (C=O) groups excluding carboxylic acids is 1. The van der Waals surface area contributed by atoms with Crippen molar-refractivity contribution in [3.8, 4) is 11.5 Å². The number of H-pyrrole nitrogens is 1. The van der Waals surface area contributed by atoms with Gasteiger partial charge < -0.3 is 19.8 Å². The first-order chi connectivity index (χ1) is 12.0. The molecule has 1 heterocycles. The fraction of sp³-hybridized carbons (Fsp3) is 0.250. The molecule has 0 radical (unpaired) electrons. The average molecular weight is 338 g/mol. The molecule has 0 unspecified atom stereocenters. The van der Waals surface area contributed by atoms with Crippen molar-refractivity contribution in [3.05, 3.63) is 58.8 Å². The van der Waals surface area contributed by atoms with Crippen LogP contribution < -0.4 is 14.8 Å². The highest BCUT2D eigenvalue weighted by atomic mass is 16.5. The van der Waals surface area contributed by atoms with Crippen molar-refractivity contribution >= 4 is 16.8 Å². The van der Waals surface area contributed by atoms with E-state index < -0.39 is 0 Å². The molecule has 2 aromatic carbocycles. The molecule has 0 aliphatic rings. The van der Waals surface area contributed by atoms with Crippen LogP contribution in [-0.4, -0.2) is 25.1 Å². The quantitative estimate of drug-likeness (QED) is 0.745. The highest BCUT2D eigenvalue weighted by Crippen LogP contribution is 2.27. The van der Waals surface area contributed by atoms with Gasteiger partial charge in [0.05, 0.1) is 14.2 Å². The number of fused-ring (bicyclic) bond motifs is 1. The van der Waals surface area contributed by atoms with Crippen LogP contribution in [0.2, 0.25) is 0 Å². The summed E-state index contributed by atoms with van der Waals surface area (Å²) in [6.45, 7) is 4.42. The first-order valence-electron chi connectivity index (χ1n) is 8.11. The van der Waals surface area contributed by atoms with E-state index in [-0.39, 0.29) is 5.91 Å². The third-order valence-corrected chi connectivity index (χ3v) is 4.34. The zero-order valence-corrected chi connectivity index (χ0v) is 14.9. The predicted octanol–water partition coefficient (Wildman–Crippen LogP) is 3.73. The van der Waals surface area contributed by atoms with Crippen molar-refractivity contribution in [2.75, 3.05) is 14.2 Å². The maximum absolute atomic E-state index is 12.6. The largest absolute Gasteiger partial charge is 0.493 e. The molecule has 3 aromatic rings. The Hall–Kier alpha value is -2.95. The summed E-state index contributed by atoms with van der Waals surface area (Å²) in [7, 11) is 3.19. The van der Waals surface area contributed by atoms with E-state index in [0.717, 1.165) is 22.0 Å². The number of ether oxygens (including phenoxy) is 2. The molecule has 1 aromatic heterocycles. The maximum Gasteiger partial charge on any atom is 0.268 e. The molecule has 2 N–H and O–H groups in total. The summed E-state index contributed by atoms with van der Waals surface area (Å²) in [6.07, 6.45) is 0. The summed E-state index contributed by atoms with van der Waals surface area (Å²) in [6, 6.07) is 11.7. The van der Waals surface area contributed by atoms with E-state index in [4.69, 9.17) is 9.47 Å². The molecule has 0 saturated heterocycles. The number of carbonyl (C=O) groups is 1. The molecule has 3 rings (SSSR count). The molecule has 25 heavy (non-hydrogen) atoms. The Morgan fingerprint density at radius 2 is 1.80 bits per heavy atom. The number of aromatic nitrogens is 1. The van der Waals surface area contributed by atoms with Gasteiger partial charge in [-0.1, -0.05) is 17.7 Å². The second-order valence-corrected chi connectivity index (χ2v) is 6.05. The monoisotopic (exact) mass is 338 g/mol. The van der Waals surface area contributed by atoms with Crippen LogP contribution in [0.3, 0.4) is 0 Å². The van der Waals surface area contributed by atoms with Crippen LogP contribution in [-0.2, 0) is 6.54 Å². The van der Waals surface area contributed by atoms with E-state index in [2.05, 4.69) is 16.4 Å². The summed E-state index contributed by atoms with van der Waals surface area (Å²) in [5.41, 5.74) is 4.64. The lowest BCUT2D eigenvalue weighted by Gasteiger charge is -2.10. The average Bonchev–Trinajstić information content (AvgIpc) is 2.95. The fourth-order valence-corrected chi connectivity index (χ4v) is 2.93. The van der Waals surface area contributed by atoms with E-state index in [1.54, 1.807) is 14.2 Å². The first kappa shape index (κ1) is 16.9. The van der Waals surface area contributed by atoms with Crippen LogP contribution in [0.5, 0.6) is 11.5 Å². The first-order valence-corrected chi connectivity index (χ1v) is 8.11. The third-order valence-electron chi connectivity index (χ3n) is 4.34. The third kappa shape index (κ3) is 3.31. The van der Waals surface area contributed by atoms with Crippen LogP contribution in [0, 0.1) is 13.8 Å². The van der Waals surface area contributed by atoms with E-state index in [1.807, 2.05) is 44.2 Å². The summed E-state index contributed by atoms with van der Waals surface area (Å²) < 4.78 is 10.5. The second kappa shape index (κ2) is 6.89. The van der Waals surface area contributed by atoms with E-state index in [1.165, 1.54) is 5.56 Å². The molecule has 5 heteroatoms. The molecule has 130 valence electrons. The zero-order chi connectivity index (χ0) is 18.0. The summed E-state index contributed by atoms with van der Waals surface area (Å²) in [5.74, 6) is 1.19. The number of aryl methyl sites for hydroxylation is 2. The van der Waals surface area contributed by atoms with Crippen molar-refractivity contribution < 1.29 is 14.3 Å². The number of hydrogen-bond acceptors (Lipinski definition) is 3. The number of amides is 1.